The highest BCUT2D eigenvalue weighted by molar-refractivity contribution is 5.77. The van der Waals surface area contributed by atoms with Gasteiger partial charge in [-0.3, -0.25) is 5.10 Å². The molecule has 3 aliphatic carbocycles. The average molecular weight is 519 g/mol. The molecule has 4 heterocycles. The summed E-state index contributed by atoms with van der Waals surface area (Å²) in [5.74, 6) is 1.72. The van der Waals surface area contributed by atoms with Gasteiger partial charge in [0.15, 0.2) is 5.82 Å². The van der Waals surface area contributed by atoms with E-state index in [1.807, 2.05) is 9.80 Å². The highest BCUT2D eigenvalue weighted by atomic mass is 19.4. The lowest BCUT2D eigenvalue weighted by atomic mass is 9.56. The van der Waals surface area contributed by atoms with Crippen LogP contribution in [0.4, 0.5) is 18.0 Å². The number of pyridine rings is 1. The molecule has 2 aliphatic heterocycles. The number of hydrogen-bond acceptors (Lipinski definition) is 6. The maximum absolute atomic E-state index is 12.9. The van der Waals surface area contributed by atoms with Crippen LogP contribution in [0.2, 0.25) is 0 Å². The van der Waals surface area contributed by atoms with Gasteiger partial charge in [-0.05, 0) is 56.4 Å². The number of carbonyl (C=O) groups is 1. The topological polar surface area (TPSA) is 107 Å². The Balaban J connectivity index is 0.829. The molecule has 0 unspecified atom stereocenters. The number of ether oxygens (including phenoxy) is 1. The fourth-order valence-electron chi connectivity index (χ4n) is 7.05. The number of nitrogens with one attached hydrogen (secondary N) is 1. The van der Waals surface area contributed by atoms with Crippen molar-refractivity contribution in [3.05, 3.63) is 35.5 Å². The van der Waals surface area contributed by atoms with Crippen molar-refractivity contribution in [2.24, 2.45) is 16.7 Å². The summed E-state index contributed by atoms with van der Waals surface area (Å²) in [6, 6.07) is 3.02. The van der Waals surface area contributed by atoms with E-state index in [1.165, 1.54) is 12.3 Å². The standard InChI is InChI=1S/C25H29F3N6O3/c26-25(27,28)37-18-2-1-15(10-29-18)5-16-6-22(7-16)11-33(12-22)21(35)34-13-23(14-34)8-17(9-23)19-30-20(32-31-19)24(36)3-4-24/h1-2,10,16-17,36H,3-9,11-14H2,(H,30,31,32). The minimum atomic E-state index is -4.73. The second-order valence-electron chi connectivity index (χ2n) is 12.2. The normalized spacial score (nSPS) is 25.3. The largest absolute Gasteiger partial charge is 0.574 e. The van der Waals surface area contributed by atoms with E-state index in [0.717, 1.165) is 82.5 Å². The molecular formula is C25H29F3N6O3. The fourth-order valence-corrected chi connectivity index (χ4v) is 7.05. The number of H-pyrrole nitrogens is 1. The number of hydrogen-bond donors (Lipinski definition) is 2. The van der Waals surface area contributed by atoms with Crippen LogP contribution in [0.5, 0.6) is 5.88 Å². The maximum atomic E-state index is 12.9. The number of urea groups is 1. The van der Waals surface area contributed by atoms with Gasteiger partial charge >= 0.3 is 12.4 Å². The molecule has 0 radical (unpaired) electrons. The molecule has 2 aromatic heterocycles. The number of likely N-dealkylation sites (tertiary alicyclic amines) is 2. The van der Waals surface area contributed by atoms with Gasteiger partial charge in [0.1, 0.15) is 11.4 Å². The molecule has 5 fully saturated rings. The third kappa shape index (κ3) is 4.13. The zero-order valence-electron chi connectivity index (χ0n) is 20.3. The van der Waals surface area contributed by atoms with Crippen LogP contribution >= 0.6 is 0 Å². The van der Waals surface area contributed by atoms with Crippen molar-refractivity contribution in [3.63, 3.8) is 0 Å². The molecule has 0 bridgehead atoms. The molecule has 2 spiro atoms. The molecule has 37 heavy (non-hydrogen) atoms. The number of alkyl halides is 3. The lowest BCUT2D eigenvalue weighted by Crippen LogP contribution is -2.70. The first-order chi connectivity index (χ1) is 17.5. The van der Waals surface area contributed by atoms with Gasteiger partial charge in [-0.1, -0.05) is 6.07 Å². The van der Waals surface area contributed by atoms with Crippen molar-refractivity contribution < 1.29 is 27.8 Å². The molecule has 2 aromatic rings. The average Bonchev–Trinajstić information content (AvgIpc) is 3.27. The van der Waals surface area contributed by atoms with Crippen LogP contribution in [0.1, 0.15) is 61.7 Å². The Bertz CT molecular complexity index is 1200. The highest BCUT2D eigenvalue weighted by Crippen LogP contribution is 2.57. The zero-order chi connectivity index (χ0) is 25.6. The van der Waals surface area contributed by atoms with Gasteiger partial charge in [0.05, 0.1) is 0 Å². The van der Waals surface area contributed by atoms with Crippen molar-refractivity contribution in [1.82, 2.24) is 30.0 Å². The van der Waals surface area contributed by atoms with Crippen LogP contribution in [-0.4, -0.2) is 73.6 Å². The Hall–Kier alpha value is -2.89. The van der Waals surface area contributed by atoms with Crippen molar-refractivity contribution >= 4 is 6.03 Å². The summed E-state index contributed by atoms with van der Waals surface area (Å²) in [7, 11) is 0. The third-order valence-corrected chi connectivity index (χ3v) is 9.02. The summed E-state index contributed by atoms with van der Waals surface area (Å²) in [6.07, 6.45) is 2.98. The van der Waals surface area contributed by atoms with E-state index in [1.54, 1.807) is 6.07 Å². The Kier molecular flexibility index (Phi) is 4.76. The maximum Gasteiger partial charge on any atom is 0.574 e. The Labute approximate surface area is 211 Å². The Morgan fingerprint density at radius 3 is 2.30 bits per heavy atom. The van der Waals surface area contributed by atoms with Crippen molar-refractivity contribution in [2.75, 3.05) is 26.2 Å². The summed E-state index contributed by atoms with van der Waals surface area (Å²) < 4.78 is 40.7. The van der Waals surface area contributed by atoms with Crippen LogP contribution in [0, 0.1) is 16.7 Å². The van der Waals surface area contributed by atoms with Crippen molar-refractivity contribution in [1.29, 1.82) is 0 Å². The fraction of sp³-hybridized carbons (Fsp3) is 0.680. The lowest BCUT2D eigenvalue weighted by Gasteiger charge is -2.63. The van der Waals surface area contributed by atoms with E-state index in [0.29, 0.717) is 17.7 Å². The molecular weight excluding hydrogens is 489 g/mol. The van der Waals surface area contributed by atoms with Crippen LogP contribution in [0.15, 0.2) is 18.3 Å². The molecule has 3 saturated carbocycles. The number of halogens is 3. The van der Waals surface area contributed by atoms with E-state index >= 15 is 0 Å². The summed E-state index contributed by atoms with van der Waals surface area (Å²) in [5, 5.41) is 17.4. The third-order valence-electron chi connectivity index (χ3n) is 9.02. The van der Waals surface area contributed by atoms with E-state index in [4.69, 9.17) is 0 Å². The number of rotatable bonds is 5. The van der Waals surface area contributed by atoms with Gasteiger partial charge in [-0.25, -0.2) is 14.8 Å². The predicted octanol–water partition coefficient (Wildman–Crippen LogP) is 3.33. The quantitative estimate of drug-likeness (QED) is 0.629. The second kappa shape index (κ2) is 7.58. The minimum Gasteiger partial charge on any atom is -0.388 e. The Morgan fingerprint density at radius 2 is 1.73 bits per heavy atom. The van der Waals surface area contributed by atoms with Crippen molar-refractivity contribution in [3.8, 4) is 5.88 Å². The summed E-state index contributed by atoms with van der Waals surface area (Å²) in [5.41, 5.74) is 0.481. The number of aromatic nitrogens is 4. The molecule has 0 atom stereocenters. The van der Waals surface area contributed by atoms with Crippen LogP contribution in [-0.2, 0) is 12.0 Å². The zero-order valence-corrected chi connectivity index (χ0v) is 20.3. The molecule has 12 heteroatoms. The molecule has 2 amide bonds. The van der Waals surface area contributed by atoms with E-state index in [9.17, 15) is 23.1 Å². The van der Waals surface area contributed by atoms with Gasteiger partial charge < -0.3 is 19.6 Å². The number of aliphatic hydroxyl groups is 1. The van der Waals surface area contributed by atoms with E-state index in [-0.39, 0.29) is 16.9 Å². The SMILES string of the molecule is O=C(N1CC2(CC(Cc3ccc(OC(F)(F)F)nc3)C2)C1)N1CC2(CC(c3nc(C4(O)CC4)n[nH]3)C2)C1. The van der Waals surface area contributed by atoms with Gasteiger partial charge in [0.25, 0.3) is 0 Å². The summed E-state index contributed by atoms with van der Waals surface area (Å²) in [4.78, 5) is 25.1. The molecule has 9 nitrogen and oxygen atoms in total. The van der Waals surface area contributed by atoms with Crippen LogP contribution in [0.3, 0.4) is 0 Å². The van der Waals surface area contributed by atoms with E-state index in [2.05, 4.69) is 24.9 Å². The van der Waals surface area contributed by atoms with Gasteiger partial charge in [-0.15, -0.1) is 13.2 Å². The monoisotopic (exact) mass is 518 g/mol. The second-order valence-corrected chi connectivity index (χ2v) is 12.2. The summed E-state index contributed by atoms with van der Waals surface area (Å²) in [6.45, 7) is 3.16. The first-order valence-electron chi connectivity index (χ1n) is 12.9. The molecule has 2 N–H and O–H groups in total. The van der Waals surface area contributed by atoms with Crippen LogP contribution in [0.25, 0.3) is 0 Å². The number of aromatic amines is 1. The lowest BCUT2D eigenvalue weighted by molar-refractivity contribution is -0.276. The van der Waals surface area contributed by atoms with Crippen molar-refractivity contribution in [2.45, 2.75) is 62.8 Å². The Morgan fingerprint density at radius 1 is 1.08 bits per heavy atom. The first-order valence-corrected chi connectivity index (χ1v) is 12.9. The highest BCUT2D eigenvalue weighted by Gasteiger charge is 2.59. The van der Waals surface area contributed by atoms with Gasteiger partial charge in [0, 0.05) is 55.2 Å². The molecule has 2 saturated heterocycles. The number of carbonyl (C=O) groups excluding carboxylic acids is 1. The molecule has 198 valence electrons. The predicted molar refractivity (Wildman–Crippen MR) is 122 cm³/mol. The minimum absolute atomic E-state index is 0.130. The number of amides is 2. The van der Waals surface area contributed by atoms with Crippen LogP contribution < -0.4 is 4.74 Å². The first kappa shape index (κ1) is 23.2. The summed E-state index contributed by atoms with van der Waals surface area (Å²) >= 11 is 0. The molecule has 0 aromatic carbocycles. The van der Waals surface area contributed by atoms with E-state index < -0.39 is 17.8 Å². The smallest absolute Gasteiger partial charge is 0.388 e. The van der Waals surface area contributed by atoms with Gasteiger partial charge in [0.2, 0.25) is 5.88 Å². The number of nitrogens with zero attached hydrogens (tertiary/aromatic N) is 5. The molecule has 7 rings (SSSR count). The molecule has 5 aliphatic rings. The van der Waals surface area contributed by atoms with Gasteiger partial charge in [-0.2, -0.15) is 5.10 Å².